The van der Waals surface area contributed by atoms with Gasteiger partial charge in [0.25, 0.3) is 0 Å². The maximum absolute atomic E-state index is 2.41. The Morgan fingerprint density at radius 2 is 1.22 bits per heavy atom. The van der Waals surface area contributed by atoms with Gasteiger partial charge >= 0.3 is 0 Å². The number of rotatable bonds is 0. The standard InChI is InChI=1S/C16H18S2/c1-2-4-12-6-10-16(18-12)14-8-7-13(14)15-9-5-11(3-1)17-15/h5-6,9-10,13-14H,1-4,7-8H2. The number of hydrogen-bond donors (Lipinski definition) is 0. The van der Waals surface area contributed by atoms with Crippen LogP contribution in [0.5, 0.6) is 0 Å². The molecular formula is C16H18S2. The molecule has 2 aliphatic rings. The molecule has 3 heterocycles. The van der Waals surface area contributed by atoms with Crippen LogP contribution in [0.15, 0.2) is 24.3 Å². The van der Waals surface area contributed by atoms with Crippen LogP contribution in [-0.2, 0) is 12.8 Å². The van der Waals surface area contributed by atoms with E-state index < -0.39 is 0 Å². The molecule has 1 fully saturated rings. The van der Waals surface area contributed by atoms with E-state index in [1.807, 2.05) is 0 Å². The lowest BCUT2D eigenvalue weighted by Crippen LogP contribution is -2.19. The van der Waals surface area contributed by atoms with E-state index in [1.165, 1.54) is 38.5 Å². The fourth-order valence-corrected chi connectivity index (χ4v) is 5.75. The van der Waals surface area contributed by atoms with Crippen molar-refractivity contribution in [3.05, 3.63) is 43.8 Å². The van der Waals surface area contributed by atoms with Crippen LogP contribution < -0.4 is 0 Å². The smallest absolute Gasteiger partial charge is 0.00855 e. The predicted octanol–water partition coefficient (Wildman–Crippen LogP) is 5.35. The fourth-order valence-electron chi connectivity index (χ4n) is 3.24. The molecule has 1 aliphatic carbocycles. The van der Waals surface area contributed by atoms with Gasteiger partial charge in [0.05, 0.1) is 0 Å². The van der Waals surface area contributed by atoms with E-state index in [9.17, 15) is 0 Å². The first-order valence-corrected chi connectivity index (χ1v) is 8.71. The van der Waals surface area contributed by atoms with Gasteiger partial charge in [0.2, 0.25) is 0 Å². The van der Waals surface area contributed by atoms with Crippen molar-refractivity contribution in [1.29, 1.82) is 0 Å². The van der Waals surface area contributed by atoms with Crippen molar-refractivity contribution in [2.45, 2.75) is 50.4 Å². The highest BCUT2D eigenvalue weighted by Gasteiger charge is 2.35. The minimum atomic E-state index is 0.828. The Balaban J connectivity index is 1.71. The molecule has 1 aliphatic heterocycles. The summed E-state index contributed by atoms with van der Waals surface area (Å²) in [6.45, 7) is 0. The highest BCUT2D eigenvalue weighted by Crippen LogP contribution is 2.52. The van der Waals surface area contributed by atoms with E-state index in [0.29, 0.717) is 0 Å². The number of aryl methyl sites for hydroxylation is 2. The Bertz CT molecular complexity index is 499. The lowest BCUT2D eigenvalue weighted by Gasteiger charge is -2.35. The molecule has 1 saturated carbocycles. The van der Waals surface area contributed by atoms with Crippen LogP contribution in [0, 0.1) is 0 Å². The van der Waals surface area contributed by atoms with Crippen LogP contribution >= 0.6 is 22.7 Å². The van der Waals surface area contributed by atoms with Gasteiger partial charge in [-0.1, -0.05) is 0 Å². The van der Waals surface area contributed by atoms with Crippen molar-refractivity contribution in [1.82, 2.24) is 0 Å². The first kappa shape index (κ1) is 11.2. The number of fused-ring (bicyclic) bond motifs is 7. The molecule has 0 saturated heterocycles. The second kappa shape index (κ2) is 4.50. The summed E-state index contributed by atoms with van der Waals surface area (Å²) >= 11 is 4.17. The van der Waals surface area contributed by atoms with Crippen LogP contribution in [0.1, 0.15) is 57.0 Å². The van der Waals surface area contributed by atoms with Gasteiger partial charge < -0.3 is 0 Å². The first-order chi connectivity index (χ1) is 8.90. The number of thiophene rings is 2. The monoisotopic (exact) mass is 274 g/mol. The van der Waals surface area contributed by atoms with E-state index in [-0.39, 0.29) is 0 Å². The van der Waals surface area contributed by atoms with Gasteiger partial charge in [-0.2, -0.15) is 0 Å². The summed E-state index contributed by atoms with van der Waals surface area (Å²) in [7, 11) is 0. The Morgan fingerprint density at radius 1 is 0.722 bits per heavy atom. The molecule has 4 bridgehead atoms. The normalized spacial score (nSPS) is 26.7. The van der Waals surface area contributed by atoms with Crippen LogP contribution in [-0.4, -0.2) is 0 Å². The molecule has 2 unspecified atom stereocenters. The molecule has 4 rings (SSSR count). The van der Waals surface area contributed by atoms with Crippen molar-refractivity contribution < 1.29 is 0 Å². The maximum Gasteiger partial charge on any atom is 0.00855 e. The summed E-state index contributed by atoms with van der Waals surface area (Å²) in [5.41, 5.74) is 0. The summed E-state index contributed by atoms with van der Waals surface area (Å²) < 4.78 is 0. The average molecular weight is 274 g/mol. The first-order valence-electron chi connectivity index (χ1n) is 7.07. The van der Waals surface area contributed by atoms with Gasteiger partial charge in [0.1, 0.15) is 0 Å². The number of hydrogen-bond acceptors (Lipinski definition) is 2. The van der Waals surface area contributed by atoms with Crippen molar-refractivity contribution in [3.8, 4) is 0 Å². The highest BCUT2D eigenvalue weighted by molar-refractivity contribution is 7.12. The quantitative estimate of drug-likeness (QED) is 0.607. The molecule has 0 radical (unpaired) electrons. The van der Waals surface area contributed by atoms with E-state index in [1.54, 1.807) is 19.5 Å². The van der Waals surface area contributed by atoms with Crippen molar-refractivity contribution in [2.24, 2.45) is 0 Å². The summed E-state index contributed by atoms with van der Waals surface area (Å²) in [5.74, 6) is 1.66. The third-order valence-corrected chi connectivity index (χ3v) is 7.02. The third kappa shape index (κ3) is 1.86. The van der Waals surface area contributed by atoms with Crippen LogP contribution in [0.25, 0.3) is 0 Å². The minimum Gasteiger partial charge on any atom is -0.145 e. The maximum atomic E-state index is 2.41. The molecule has 2 aromatic rings. The SMILES string of the molecule is c1cc2sc1CCCCc1ccc(s1)C1CCC21. The molecule has 2 aromatic heterocycles. The summed E-state index contributed by atoms with van der Waals surface area (Å²) in [5, 5.41) is 0. The van der Waals surface area contributed by atoms with Crippen molar-refractivity contribution in [3.63, 3.8) is 0 Å². The lowest BCUT2D eigenvalue weighted by molar-refractivity contribution is 0.356. The van der Waals surface area contributed by atoms with Gasteiger partial charge in [0.15, 0.2) is 0 Å². The zero-order chi connectivity index (χ0) is 11.9. The topological polar surface area (TPSA) is 0 Å². The molecule has 0 aromatic carbocycles. The lowest BCUT2D eigenvalue weighted by atomic mass is 9.72. The second-order valence-corrected chi connectivity index (χ2v) is 8.01. The van der Waals surface area contributed by atoms with Gasteiger partial charge in [0, 0.05) is 31.3 Å². The van der Waals surface area contributed by atoms with Gasteiger partial charge in [-0.15, -0.1) is 22.7 Å². The summed E-state index contributed by atoms with van der Waals surface area (Å²) in [6, 6.07) is 9.57. The summed E-state index contributed by atoms with van der Waals surface area (Å²) in [4.78, 5) is 6.52. The van der Waals surface area contributed by atoms with E-state index >= 15 is 0 Å². The largest absolute Gasteiger partial charge is 0.145 e. The predicted molar refractivity (Wildman–Crippen MR) is 80.0 cm³/mol. The Morgan fingerprint density at radius 3 is 1.67 bits per heavy atom. The molecule has 0 nitrogen and oxygen atoms in total. The van der Waals surface area contributed by atoms with Gasteiger partial charge in [-0.25, -0.2) is 0 Å². The molecule has 0 amide bonds. The fraction of sp³-hybridized carbons (Fsp3) is 0.500. The van der Waals surface area contributed by atoms with E-state index in [4.69, 9.17) is 0 Å². The van der Waals surface area contributed by atoms with Crippen molar-refractivity contribution in [2.75, 3.05) is 0 Å². The van der Waals surface area contributed by atoms with Gasteiger partial charge in [-0.3, -0.25) is 0 Å². The van der Waals surface area contributed by atoms with Crippen LogP contribution in [0.4, 0.5) is 0 Å². The Kier molecular flexibility index (Phi) is 2.81. The zero-order valence-corrected chi connectivity index (χ0v) is 12.2. The highest BCUT2D eigenvalue weighted by atomic mass is 32.1. The molecule has 0 spiro atoms. The van der Waals surface area contributed by atoms with E-state index in [0.717, 1.165) is 11.8 Å². The van der Waals surface area contributed by atoms with Crippen LogP contribution in [0.3, 0.4) is 0 Å². The average Bonchev–Trinajstić information content (AvgIpc) is 2.92. The minimum absolute atomic E-state index is 0.828. The third-order valence-electron chi connectivity index (χ3n) is 4.47. The van der Waals surface area contributed by atoms with Crippen molar-refractivity contribution >= 4 is 22.7 Å². The summed E-state index contributed by atoms with van der Waals surface area (Å²) in [6.07, 6.45) is 8.08. The zero-order valence-electron chi connectivity index (χ0n) is 10.5. The molecule has 94 valence electrons. The van der Waals surface area contributed by atoms with E-state index in [2.05, 4.69) is 46.9 Å². The molecule has 2 heteroatoms. The molecule has 0 N–H and O–H groups in total. The Labute approximate surface area is 117 Å². The Hall–Kier alpha value is -0.600. The van der Waals surface area contributed by atoms with Gasteiger partial charge in [-0.05, 0) is 62.8 Å². The molecule has 18 heavy (non-hydrogen) atoms. The second-order valence-electron chi connectivity index (χ2n) is 5.61. The van der Waals surface area contributed by atoms with Crippen LogP contribution in [0.2, 0.25) is 0 Å². The molecule has 2 atom stereocenters. The molecular weight excluding hydrogens is 256 g/mol.